The summed E-state index contributed by atoms with van der Waals surface area (Å²) in [6.45, 7) is 5.54. The number of piperidine rings is 1. The molecule has 2 aliphatic heterocycles. The SMILES string of the molecule is COCCN1CC[C@H]2[C@H](C)C3(CCC2(c2ccccc2)C1=O)OCCO3. The van der Waals surface area contributed by atoms with Crippen molar-refractivity contribution >= 4 is 5.91 Å². The molecule has 26 heavy (non-hydrogen) atoms. The summed E-state index contributed by atoms with van der Waals surface area (Å²) in [6.07, 6.45) is 2.51. The predicted octanol–water partition coefficient (Wildman–Crippen LogP) is 2.59. The van der Waals surface area contributed by atoms with Crippen LogP contribution in [0.25, 0.3) is 0 Å². The average molecular weight is 359 g/mol. The molecule has 3 atom stereocenters. The van der Waals surface area contributed by atoms with Crippen molar-refractivity contribution in [3.8, 4) is 0 Å². The van der Waals surface area contributed by atoms with E-state index in [4.69, 9.17) is 14.2 Å². The molecule has 5 heteroatoms. The van der Waals surface area contributed by atoms with Gasteiger partial charge < -0.3 is 19.1 Å². The highest BCUT2D eigenvalue weighted by molar-refractivity contribution is 5.90. The summed E-state index contributed by atoms with van der Waals surface area (Å²) in [6, 6.07) is 10.3. The zero-order chi connectivity index (χ0) is 18.2. The quantitative estimate of drug-likeness (QED) is 0.829. The van der Waals surface area contributed by atoms with Crippen molar-refractivity contribution in [1.82, 2.24) is 4.90 Å². The molecule has 0 aromatic heterocycles. The second-order valence-corrected chi connectivity index (χ2v) is 7.81. The van der Waals surface area contributed by atoms with E-state index in [9.17, 15) is 4.79 Å². The second-order valence-electron chi connectivity index (χ2n) is 7.81. The maximum Gasteiger partial charge on any atom is 0.233 e. The summed E-state index contributed by atoms with van der Waals surface area (Å²) in [5.41, 5.74) is 0.657. The number of ether oxygens (including phenoxy) is 3. The molecule has 3 fully saturated rings. The first-order chi connectivity index (χ1) is 12.6. The summed E-state index contributed by atoms with van der Waals surface area (Å²) < 4.78 is 17.4. The van der Waals surface area contributed by atoms with Crippen molar-refractivity contribution in [2.75, 3.05) is 40.0 Å². The van der Waals surface area contributed by atoms with Gasteiger partial charge in [0, 0.05) is 32.5 Å². The topological polar surface area (TPSA) is 48.0 Å². The molecule has 2 heterocycles. The molecule has 1 aliphatic carbocycles. The van der Waals surface area contributed by atoms with Crippen molar-refractivity contribution < 1.29 is 19.0 Å². The van der Waals surface area contributed by atoms with E-state index in [1.165, 1.54) is 0 Å². The Hall–Kier alpha value is -1.43. The molecule has 1 aromatic carbocycles. The number of methoxy groups -OCH3 is 1. The van der Waals surface area contributed by atoms with E-state index in [2.05, 4.69) is 19.1 Å². The van der Waals surface area contributed by atoms with Crippen molar-refractivity contribution in [3.05, 3.63) is 35.9 Å². The highest BCUT2D eigenvalue weighted by atomic mass is 16.7. The maximum atomic E-state index is 13.7. The Balaban J connectivity index is 1.73. The molecule has 3 aliphatic rings. The fraction of sp³-hybridized carbons (Fsp3) is 0.667. The zero-order valence-corrected chi connectivity index (χ0v) is 15.8. The van der Waals surface area contributed by atoms with Crippen LogP contribution in [0.1, 0.15) is 31.7 Å². The van der Waals surface area contributed by atoms with Crippen LogP contribution in [-0.2, 0) is 24.4 Å². The number of carbonyl (C=O) groups is 1. The van der Waals surface area contributed by atoms with Gasteiger partial charge in [-0.2, -0.15) is 0 Å². The number of rotatable bonds is 4. The Morgan fingerprint density at radius 1 is 1.19 bits per heavy atom. The lowest BCUT2D eigenvalue weighted by Crippen LogP contribution is -2.64. The van der Waals surface area contributed by atoms with E-state index in [1.54, 1.807) is 7.11 Å². The Morgan fingerprint density at radius 3 is 2.62 bits per heavy atom. The van der Waals surface area contributed by atoms with Crippen LogP contribution < -0.4 is 0 Å². The van der Waals surface area contributed by atoms with Gasteiger partial charge in [0.05, 0.1) is 25.2 Å². The van der Waals surface area contributed by atoms with Gasteiger partial charge >= 0.3 is 0 Å². The fourth-order valence-corrected chi connectivity index (χ4v) is 5.47. The Kier molecular flexibility index (Phi) is 4.80. The Morgan fingerprint density at radius 2 is 1.92 bits per heavy atom. The van der Waals surface area contributed by atoms with Crippen LogP contribution in [0, 0.1) is 11.8 Å². The molecule has 1 aromatic rings. The highest BCUT2D eigenvalue weighted by Gasteiger charge is 2.62. The lowest BCUT2D eigenvalue weighted by Gasteiger charge is -2.56. The first-order valence-electron chi connectivity index (χ1n) is 9.76. The number of hydrogen-bond acceptors (Lipinski definition) is 4. The largest absolute Gasteiger partial charge is 0.383 e. The maximum absolute atomic E-state index is 13.7. The molecule has 1 spiro atoms. The van der Waals surface area contributed by atoms with Gasteiger partial charge in [0.1, 0.15) is 0 Å². The van der Waals surface area contributed by atoms with Crippen LogP contribution in [0.2, 0.25) is 0 Å². The summed E-state index contributed by atoms with van der Waals surface area (Å²) >= 11 is 0. The van der Waals surface area contributed by atoms with Crippen LogP contribution in [-0.4, -0.2) is 56.6 Å². The van der Waals surface area contributed by atoms with Gasteiger partial charge in [-0.05, 0) is 24.3 Å². The Bertz CT molecular complexity index is 643. The summed E-state index contributed by atoms with van der Waals surface area (Å²) in [4.78, 5) is 15.7. The van der Waals surface area contributed by atoms with Crippen molar-refractivity contribution in [2.24, 2.45) is 11.8 Å². The molecule has 0 radical (unpaired) electrons. The van der Waals surface area contributed by atoms with Crippen molar-refractivity contribution in [1.29, 1.82) is 0 Å². The molecular weight excluding hydrogens is 330 g/mol. The van der Waals surface area contributed by atoms with Crippen LogP contribution in [0.4, 0.5) is 0 Å². The van der Waals surface area contributed by atoms with Crippen molar-refractivity contribution in [2.45, 2.75) is 37.4 Å². The summed E-state index contributed by atoms with van der Waals surface area (Å²) in [5.74, 6) is 0.157. The lowest BCUT2D eigenvalue weighted by molar-refractivity contribution is -0.238. The fourth-order valence-electron chi connectivity index (χ4n) is 5.47. The first kappa shape index (κ1) is 18.0. The number of amides is 1. The molecule has 0 bridgehead atoms. The minimum atomic E-state index is -0.502. The summed E-state index contributed by atoms with van der Waals surface area (Å²) in [7, 11) is 1.69. The van der Waals surface area contributed by atoms with Gasteiger partial charge in [-0.1, -0.05) is 37.3 Å². The third-order valence-electron chi connectivity index (χ3n) is 6.81. The number of likely N-dealkylation sites (tertiary alicyclic amines) is 1. The number of nitrogens with zero attached hydrogens (tertiary/aromatic N) is 1. The van der Waals surface area contributed by atoms with Gasteiger partial charge in [0.2, 0.25) is 5.91 Å². The summed E-state index contributed by atoms with van der Waals surface area (Å²) in [5, 5.41) is 0. The third kappa shape index (κ3) is 2.60. The molecule has 1 saturated carbocycles. The number of benzene rings is 1. The highest BCUT2D eigenvalue weighted by Crippen LogP contribution is 2.56. The van der Waals surface area contributed by atoms with Gasteiger partial charge in [-0.3, -0.25) is 4.79 Å². The van der Waals surface area contributed by atoms with Gasteiger partial charge in [0.15, 0.2) is 5.79 Å². The monoisotopic (exact) mass is 359 g/mol. The van der Waals surface area contributed by atoms with E-state index < -0.39 is 11.2 Å². The van der Waals surface area contributed by atoms with E-state index in [0.717, 1.165) is 31.4 Å². The standard InChI is InChI=1S/C21H29NO4/c1-16-18-8-11-22(12-13-24-2)19(23)20(18,17-6-4-3-5-7-17)9-10-21(16)25-14-15-26-21/h3-7,16,18H,8-15H2,1-2H3/t16-,18-,20?/m0/s1. The molecule has 1 unspecified atom stereocenters. The van der Waals surface area contributed by atoms with E-state index in [-0.39, 0.29) is 17.7 Å². The number of hydrogen-bond donors (Lipinski definition) is 0. The molecular formula is C21H29NO4. The molecule has 4 rings (SSSR count). The van der Waals surface area contributed by atoms with Crippen LogP contribution in [0.3, 0.4) is 0 Å². The lowest BCUT2D eigenvalue weighted by atomic mass is 9.54. The normalized spacial score (nSPS) is 33.5. The smallest absolute Gasteiger partial charge is 0.233 e. The molecule has 1 amide bonds. The molecule has 0 N–H and O–H groups in total. The first-order valence-corrected chi connectivity index (χ1v) is 9.76. The van der Waals surface area contributed by atoms with E-state index in [0.29, 0.717) is 26.4 Å². The van der Waals surface area contributed by atoms with Crippen LogP contribution in [0.15, 0.2) is 30.3 Å². The third-order valence-corrected chi connectivity index (χ3v) is 6.81. The molecule has 5 nitrogen and oxygen atoms in total. The van der Waals surface area contributed by atoms with E-state index in [1.807, 2.05) is 23.1 Å². The van der Waals surface area contributed by atoms with Gasteiger partial charge in [-0.25, -0.2) is 0 Å². The molecule has 142 valence electrons. The molecule has 2 saturated heterocycles. The van der Waals surface area contributed by atoms with Crippen LogP contribution in [0.5, 0.6) is 0 Å². The minimum Gasteiger partial charge on any atom is -0.383 e. The number of carbonyl (C=O) groups excluding carboxylic acids is 1. The van der Waals surface area contributed by atoms with Crippen molar-refractivity contribution in [3.63, 3.8) is 0 Å². The zero-order valence-electron chi connectivity index (χ0n) is 15.8. The average Bonchev–Trinajstić information content (AvgIpc) is 3.15. The van der Waals surface area contributed by atoms with Crippen LogP contribution >= 0.6 is 0 Å². The second kappa shape index (κ2) is 6.95. The Labute approximate surface area is 155 Å². The minimum absolute atomic E-state index is 0.187. The van der Waals surface area contributed by atoms with E-state index >= 15 is 0 Å². The van der Waals surface area contributed by atoms with Gasteiger partial charge in [0.25, 0.3) is 0 Å². The predicted molar refractivity (Wildman–Crippen MR) is 97.7 cm³/mol. The van der Waals surface area contributed by atoms with Gasteiger partial charge in [-0.15, -0.1) is 0 Å². The number of fused-ring (bicyclic) bond motifs is 1.